The number of carbonyl (C=O) groups excluding carboxylic acids is 1. The molecular weight excluding hydrogens is 456 g/mol. The second-order valence-corrected chi connectivity index (χ2v) is 10.7. The minimum Gasteiger partial charge on any atom is -0.491 e. The van der Waals surface area contributed by atoms with Gasteiger partial charge in [-0.1, -0.05) is 13.0 Å². The molecule has 0 saturated carbocycles. The van der Waals surface area contributed by atoms with Crippen molar-refractivity contribution < 1.29 is 22.7 Å². The number of hydrogen-bond donors (Lipinski definition) is 1. The molecule has 0 aliphatic carbocycles. The van der Waals surface area contributed by atoms with Crippen molar-refractivity contribution in [1.82, 2.24) is 14.8 Å². The molecule has 0 saturated heterocycles. The van der Waals surface area contributed by atoms with E-state index in [1.165, 1.54) is 0 Å². The molecule has 0 bridgehead atoms. The number of pyridine rings is 1. The molecule has 1 amide bonds. The first-order valence-corrected chi connectivity index (χ1v) is 13.1. The third-order valence-corrected chi connectivity index (χ3v) is 6.58. The van der Waals surface area contributed by atoms with E-state index in [4.69, 9.17) is 9.47 Å². The maximum atomic E-state index is 13.2. The topological polar surface area (TPSA) is 101 Å². The Morgan fingerprint density at radius 3 is 2.62 bits per heavy atom. The van der Waals surface area contributed by atoms with Gasteiger partial charge in [-0.05, 0) is 37.1 Å². The van der Waals surface area contributed by atoms with E-state index in [1.807, 2.05) is 18.2 Å². The van der Waals surface area contributed by atoms with Crippen LogP contribution in [0.4, 0.5) is 5.69 Å². The Morgan fingerprint density at radius 1 is 1.21 bits per heavy atom. The third-order valence-electron chi connectivity index (χ3n) is 5.97. The number of benzene rings is 1. The SMILES string of the molecule is CO[C@@H]1CN(C)C(=O)c2ccc(NS(C)(=O)=O)cc2OC[C@@H](C)N(Cc2ccccn2)C[C@H]1C. The number of aromatic nitrogens is 1. The van der Waals surface area contributed by atoms with Crippen LogP contribution in [0.25, 0.3) is 0 Å². The molecule has 9 nitrogen and oxygen atoms in total. The number of nitrogens with zero attached hydrogens (tertiary/aromatic N) is 3. The first kappa shape index (κ1) is 25.9. The van der Waals surface area contributed by atoms with Crippen molar-refractivity contribution in [1.29, 1.82) is 0 Å². The lowest BCUT2D eigenvalue weighted by Gasteiger charge is -2.35. The van der Waals surface area contributed by atoms with Gasteiger partial charge in [-0.3, -0.25) is 19.4 Å². The van der Waals surface area contributed by atoms with Crippen LogP contribution in [-0.2, 0) is 21.3 Å². The van der Waals surface area contributed by atoms with Crippen LogP contribution in [-0.4, -0.2) is 81.4 Å². The van der Waals surface area contributed by atoms with Gasteiger partial charge in [0.1, 0.15) is 12.4 Å². The molecule has 3 rings (SSSR count). The highest BCUT2D eigenvalue weighted by atomic mass is 32.2. The Labute approximate surface area is 202 Å². The van der Waals surface area contributed by atoms with Gasteiger partial charge in [0.25, 0.3) is 5.91 Å². The number of fused-ring (bicyclic) bond motifs is 1. The van der Waals surface area contributed by atoms with Gasteiger partial charge in [-0.15, -0.1) is 0 Å². The molecular formula is C24H34N4O5S. The normalized spacial score (nSPS) is 22.8. The van der Waals surface area contributed by atoms with Crippen LogP contribution in [0.2, 0.25) is 0 Å². The van der Waals surface area contributed by atoms with Gasteiger partial charge >= 0.3 is 0 Å². The second kappa shape index (κ2) is 11.2. The fraction of sp³-hybridized carbons (Fsp3) is 0.500. The Morgan fingerprint density at radius 2 is 1.97 bits per heavy atom. The Kier molecular flexibility index (Phi) is 8.51. The van der Waals surface area contributed by atoms with Crippen molar-refractivity contribution >= 4 is 21.6 Å². The molecule has 0 fully saturated rings. The summed E-state index contributed by atoms with van der Waals surface area (Å²) in [7, 11) is -0.0771. The number of nitrogens with one attached hydrogen (secondary N) is 1. The van der Waals surface area contributed by atoms with Gasteiger partial charge in [-0.25, -0.2) is 8.42 Å². The van der Waals surface area contributed by atoms with Crippen LogP contribution >= 0.6 is 0 Å². The van der Waals surface area contributed by atoms with E-state index in [-0.39, 0.29) is 24.0 Å². The zero-order chi connectivity index (χ0) is 24.9. The number of methoxy groups -OCH3 is 1. The molecule has 0 radical (unpaired) electrons. The lowest BCUT2D eigenvalue weighted by molar-refractivity contribution is 0.00901. The van der Waals surface area contributed by atoms with Crippen LogP contribution in [0, 0.1) is 5.92 Å². The van der Waals surface area contributed by atoms with E-state index >= 15 is 0 Å². The third kappa shape index (κ3) is 6.91. The highest BCUT2D eigenvalue weighted by molar-refractivity contribution is 7.92. The standard InChI is InChI=1S/C24H34N4O5S/c1-17-13-28(14-20-8-6-7-11-25-20)18(2)16-33-22-12-19(26-34(5,30)31)9-10-21(22)24(29)27(3)15-23(17)32-4/h6-12,17-18,23,26H,13-16H2,1-5H3/t17-,18-,23-/m1/s1. The van der Waals surface area contributed by atoms with Crippen molar-refractivity contribution in [2.45, 2.75) is 32.5 Å². The number of sulfonamides is 1. The van der Waals surface area contributed by atoms with Crippen molar-refractivity contribution in [3.05, 3.63) is 53.9 Å². The zero-order valence-corrected chi connectivity index (χ0v) is 21.2. The average molecular weight is 491 g/mol. The fourth-order valence-electron chi connectivity index (χ4n) is 4.04. The van der Waals surface area contributed by atoms with Crippen LogP contribution in [0.1, 0.15) is 29.9 Å². The Hall–Kier alpha value is -2.69. The van der Waals surface area contributed by atoms with Crippen molar-refractivity contribution in [2.75, 3.05) is 44.8 Å². The van der Waals surface area contributed by atoms with E-state index in [9.17, 15) is 13.2 Å². The van der Waals surface area contributed by atoms with Crippen LogP contribution in [0.3, 0.4) is 0 Å². The summed E-state index contributed by atoms with van der Waals surface area (Å²) in [6.45, 7) is 6.27. The summed E-state index contributed by atoms with van der Waals surface area (Å²) >= 11 is 0. The van der Waals surface area contributed by atoms with Crippen LogP contribution in [0.5, 0.6) is 5.75 Å². The molecule has 3 atom stereocenters. The quantitative estimate of drug-likeness (QED) is 0.687. The van der Waals surface area contributed by atoms with Crippen LogP contribution in [0.15, 0.2) is 42.6 Å². The monoisotopic (exact) mass is 490 g/mol. The molecule has 10 heteroatoms. The highest BCUT2D eigenvalue weighted by Crippen LogP contribution is 2.27. The number of ether oxygens (including phenoxy) is 2. The summed E-state index contributed by atoms with van der Waals surface area (Å²) in [5.41, 5.74) is 1.66. The number of likely N-dealkylation sites (N-methyl/N-ethyl adjacent to an activating group) is 1. The van der Waals surface area contributed by atoms with E-state index < -0.39 is 10.0 Å². The predicted octanol–water partition coefficient (Wildman–Crippen LogP) is 2.46. The first-order chi connectivity index (χ1) is 16.1. The second-order valence-electron chi connectivity index (χ2n) is 8.93. The van der Waals surface area contributed by atoms with Gasteiger partial charge in [0.05, 0.1) is 29.3 Å². The molecule has 1 aromatic heterocycles. The molecule has 1 aromatic carbocycles. The summed E-state index contributed by atoms with van der Waals surface area (Å²) < 4.78 is 37.8. The summed E-state index contributed by atoms with van der Waals surface area (Å²) in [5, 5.41) is 0. The van der Waals surface area contributed by atoms with Gasteiger partial charge in [-0.2, -0.15) is 0 Å². The number of hydrogen-bond acceptors (Lipinski definition) is 7. The van der Waals surface area contributed by atoms with E-state index in [1.54, 1.807) is 43.5 Å². The van der Waals surface area contributed by atoms with Gasteiger partial charge < -0.3 is 14.4 Å². The lowest BCUT2D eigenvalue weighted by Crippen LogP contribution is -2.46. The smallest absolute Gasteiger partial charge is 0.257 e. The Balaban J connectivity index is 1.96. The number of rotatable bonds is 5. The van der Waals surface area contributed by atoms with Gasteiger partial charge in [0.15, 0.2) is 0 Å². The molecule has 1 N–H and O–H groups in total. The minimum absolute atomic E-state index is 0.00593. The van der Waals surface area contributed by atoms with Crippen molar-refractivity contribution in [3.63, 3.8) is 0 Å². The Bertz CT molecular complexity index is 1080. The predicted molar refractivity (Wildman–Crippen MR) is 131 cm³/mol. The molecule has 2 heterocycles. The minimum atomic E-state index is -3.47. The molecule has 34 heavy (non-hydrogen) atoms. The van der Waals surface area contributed by atoms with E-state index in [0.29, 0.717) is 36.7 Å². The maximum Gasteiger partial charge on any atom is 0.257 e. The molecule has 186 valence electrons. The largest absolute Gasteiger partial charge is 0.491 e. The zero-order valence-electron chi connectivity index (χ0n) is 20.4. The van der Waals surface area contributed by atoms with Gasteiger partial charge in [0, 0.05) is 52.1 Å². The lowest BCUT2D eigenvalue weighted by atomic mass is 10.0. The molecule has 1 aliphatic heterocycles. The molecule has 1 aliphatic rings. The first-order valence-electron chi connectivity index (χ1n) is 11.2. The summed E-state index contributed by atoms with van der Waals surface area (Å²) in [5.74, 6) is 0.262. The molecule has 2 aromatic rings. The van der Waals surface area contributed by atoms with Crippen molar-refractivity contribution in [3.8, 4) is 5.75 Å². The maximum absolute atomic E-state index is 13.2. The van der Waals surface area contributed by atoms with Crippen LogP contribution < -0.4 is 9.46 Å². The van der Waals surface area contributed by atoms with Gasteiger partial charge in [0.2, 0.25) is 10.0 Å². The highest BCUT2D eigenvalue weighted by Gasteiger charge is 2.28. The summed E-state index contributed by atoms with van der Waals surface area (Å²) in [4.78, 5) is 21.6. The summed E-state index contributed by atoms with van der Waals surface area (Å²) in [6, 6.07) is 10.6. The fourth-order valence-corrected chi connectivity index (χ4v) is 4.60. The average Bonchev–Trinajstić information content (AvgIpc) is 2.79. The summed E-state index contributed by atoms with van der Waals surface area (Å²) in [6.07, 6.45) is 2.69. The van der Waals surface area contributed by atoms with Crippen molar-refractivity contribution in [2.24, 2.45) is 5.92 Å². The number of amides is 1. The molecule has 0 spiro atoms. The van der Waals surface area contributed by atoms with E-state index in [0.717, 1.165) is 18.5 Å². The van der Waals surface area contributed by atoms with E-state index in [2.05, 4.69) is 28.5 Å². The number of anilines is 1. The molecule has 0 unspecified atom stereocenters. The number of carbonyl (C=O) groups is 1.